The van der Waals surface area contributed by atoms with Crippen molar-refractivity contribution in [3.8, 4) is 0 Å². The first-order chi connectivity index (χ1) is 22.8. The molecule has 2 N–H and O–H groups in total. The lowest BCUT2D eigenvalue weighted by Gasteiger charge is -2.32. The maximum Gasteiger partial charge on any atom is 0.196 e. The van der Waals surface area contributed by atoms with Crippen molar-refractivity contribution >= 4 is 17.1 Å². The molecule has 6 unspecified atom stereocenters. The summed E-state index contributed by atoms with van der Waals surface area (Å²) in [5, 5.41) is 7.29. The maximum absolute atomic E-state index is 6.69. The molecule has 1 fully saturated rings. The van der Waals surface area contributed by atoms with Crippen LogP contribution in [0.3, 0.4) is 0 Å². The van der Waals surface area contributed by atoms with Gasteiger partial charge in [-0.15, -0.1) is 0 Å². The smallest absolute Gasteiger partial charge is 0.196 e. The largest absolute Gasteiger partial charge is 0.468 e. The lowest BCUT2D eigenvalue weighted by Crippen LogP contribution is -2.37. The van der Waals surface area contributed by atoms with Crippen molar-refractivity contribution < 1.29 is 4.74 Å². The number of allylic oxidation sites excluding steroid dienone is 4. The fourth-order valence-electron chi connectivity index (χ4n) is 7.58. The Morgan fingerprint density at radius 3 is 2.09 bits per heavy atom. The third-order valence-electron chi connectivity index (χ3n) is 9.74. The number of nitrogens with one attached hydrogen (secondary N) is 2. The summed E-state index contributed by atoms with van der Waals surface area (Å²) >= 11 is 0. The first kappa shape index (κ1) is 26.8. The first-order valence-electron chi connectivity index (χ1n) is 16.1. The number of ether oxygens (including phenoxy) is 1. The molecule has 5 aliphatic rings. The van der Waals surface area contributed by atoms with Crippen LogP contribution in [0.5, 0.6) is 0 Å². The van der Waals surface area contributed by atoms with E-state index in [4.69, 9.17) is 9.73 Å². The van der Waals surface area contributed by atoms with Crippen molar-refractivity contribution in [3.63, 3.8) is 0 Å². The predicted molar refractivity (Wildman–Crippen MR) is 185 cm³/mol. The van der Waals surface area contributed by atoms with Crippen molar-refractivity contribution in [2.24, 2.45) is 16.8 Å². The van der Waals surface area contributed by atoms with E-state index >= 15 is 0 Å². The van der Waals surface area contributed by atoms with Crippen LogP contribution in [-0.4, -0.2) is 17.8 Å². The number of hydrogen-bond acceptors (Lipinski definition) is 5. The Labute approximate surface area is 269 Å². The number of hydrogen-bond donors (Lipinski definition) is 2. The summed E-state index contributed by atoms with van der Waals surface area (Å²) in [7, 11) is 0. The third kappa shape index (κ3) is 4.59. The Morgan fingerprint density at radius 1 is 0.630 bits per heavy atom. The second-order valence-corrected chi connectivity index (χ2v) is 12.4. The lowest BCUT2D eigenvalue weighted by atomic mass is 9.81. The molecule has 0 saturated carbocycles. The first-order valence-corrected chi connectivity index (χ1v) is 16.1. The van der Waals surface area contributed by atoms with E-state index in [1.165, 1.54) is 5.69 Å². The van der Waals surface area contributed by atoms with E-state index in [1.54, 1.807) is 0 Å². The number of benzene rings is 4. The van der Waals surface area contributed by atoms with Crippen LogP contribution in [0, 0.1) is 11.8 Å². The van der Waals surface area contributed by atoms with Crippen LogP contribution in [0.1, 0.15) is 34.6 Å². The monoisotopic (exact) mass is 598 g/mol. The van der Waals surface area contributed by atoms with Gasteiger partial charge in [0.05, 0.1) is 29.4 Å². The van der Waals surface area contributed by atoms with Gasteiger partial charge in [-0.1, -0.05) is 134 Å². The minimum absolute atomic E-state index is 0.162. The van der Waals surface area contributed by atoms with Crippen LogP contribution in [0.4, 0.5) is 5.69 Å². The van der Waals surface area contributed by atoms with Crippen LogP contribution >= 0.6 is 0 Å². The Bertz CT molecular complexity index is 1940. The minimum atomic E-state index is -0.163. The molecular weight excluding hydrogens is 564 g/mol. The van der Waals surface area contributed by atoms with Crippen LogP contribution < -0.4 is 15.5 Å². The van der Waals surface area contributed by atoms with Gasteiger partial charge in [-0.2, -0.15) is 0 Å². The van der Waals surface area contributed by atoms with E-state index in [1.807, 2.05) is 12.1 Å². The van der Waals surface area contributed by atoms with Gasteiger partial charge in [0.2, 0.25) is 0 Å². The van der Waals surface area contributed by atoms with E-state index in [9.17, 15) is 0 Å². The van der Waals surface area contributed by atoms with Gasteiger partial charge in [0.15, 0.2) is 6.23 Å². The van der Waals surface area contributed by atoms with Crippen molar-refractivity contribution in [2.45, 2.75) is 24.5 Å². The fourth-order valence-corrected chi connectivity index (χ4v) is 7.58. The number of anilines is 1. The second-order valence-electron chi connectivity index (χ2n) is 12.4. The highest BCUT2D eigenvalue weighted by atomic mass is 16.5. The van der Waals surface area contributed by atoms with E-state index in [-0.39, 0.29) is 30.4 Å². The van der Waals surface area contributed by atoms with Crippen LogP contribution in [-0.2, 0) is 4.74 Å². The third-order valence-corrected chi connectivity index (χ3v) is 9.74. The van der Waals surface area contributed by atoms with E-state index in [2.05, 4.69) is 161 Å². The van der Waals surface area contributed by atoms with Crippen LogP contribution in [0.15, 0.2) is 174 Å². The quantitative estimate of drug-likeness (QED) is 0.246. The van der Waals surface area contributed by atoms with Crippen molar-refractivity contribution in [2.75, 3.05) is 4.90 Å². The standard InChI is InChI=1S/C41H34N4O/c1-4-12-27(13-5-1)34-26-35(43-40(42-34)29-14-6-2-7-15-29)28-20-22-31(23-21-28)45-36-19-11-10-18-32(36)38-37(45)25-24-33-39(38)46-41(44-33)30-16-8-3-9-17-30/h1-26,32,36-38,40-42,44H. The zero-order chi connectivity index (χ0) is 30.5. The summed E-state index contributed by atoms with van der Waals surface area (Å²) in [6, 6.07) is 40.8. The Balaban J connectivity index is 1.03. The van der Waals surface area contributed by atoms with Gasteiger partial charge in [-0.3, -0.25) is 4.99 Å². The van der Waals surface area contributed by atoms with Crippen LogP contribution in [0.25, 0.3) is 5.70 Å². The van der Waals surface area contributed by atoms with Gasteiger partial charge in [0, 0.05) is 22.9 Å². The molecule has 0 amide bonds. The normalized spacial score (nSPS) is 27.1. The van der Waals surface area contributed by atoms with Gasteiger partial charge < -0.3 is 20.3 Å². The molecule has 224 valence electrons. The number of aliphatic imine (C=N–C) groups is 1. The summed E-state index contributed by atoms with van der Waals surface area (Å²) in [5.74, 6) is 1.62. The Morgan fingerprint density at radius 2 is 1.33 bits per heavy atom. The highest BCUT2D eigenvalue weighted by molar-refractivity contribution is 6.13. The number of nitrogens with zero attached hydrogens (tertiary/aromatic N) is 2. The molecule has 3 aliphatic heterocycles. The topological polar surface area (TPSA) is 48.9 Å². The molecule has 0 spiro atoms. The lowest BCUT2D eigenvalue weighted by molar-refractivity contribution is 0.102. The maximum atomic E-state index is 6.69. The van der Waals surface area contributed by atoms with Crippen molar-refractivity contribution in [1.82, 2.24) is 10.6 Å². The van der Waals surface area contributed by atoms with Gasteiger partial charge >= 0.3 is 0 Å². The molecule has 5 heteroatoms. The van der Waals surface area contributed by atoms with Crippen LogP contribution in [0.2, 0.25) is 0 Å². The molecule has 46 heavy (non-hydrogen) atoms. The van der Waals surface area contributed by atoms with Gasteiger partial charge in [0.25, 0.3) is 0 Å². The minimum Gasteiger partial charge on any atom is -0.468 e. The molecule has 5 nitrogen and oxygen atoms in total. The molecule has 0 radical (unpaired) electrons. The van der Waals surface area contributed by atoms with E-state index in [0.29, 0.717) is 5.92 Å². The summed E-state index contributed by atoms with van der Waals surface area (Å²) in [6.45, 7) is 0. The Hall–Kier alpha value is -5.55. The molecule has 0 aromatic heterocycles. The highest BCUT2D eigenvalue weighted by Crippen LogP contribution is 2.50. The zero-order valence-corrected chi connectivity index (χ0v) is 25.3. The molecule has 4 aromatic carbocycles. The van der Waals surface area contributed by atoms with E-state index in [0.717, 1.165) is 45.1 Å². The average molecular weight is 599 g/mol. The molecule has 9 rings (SSSR count). The summed E-state index contributed by atoms with van der Waals surface area (Å²) in [5.41, 5.74) is 8.88. The number of fused-ring (bicyclic) bond motifs is 4. The molecule has 6 atom stereocenters. The summed E-state index contributed by atoms with van der Waals surface area (Å²) in [4.78, 5) is 7.75. The van der Waals surface area contributed by atoms with Crippen molar-refractivity contribution in [3.05, 3.63) is 192 Å². The van der Waals surface area contributed by atoms with Gasteiger partial charge in [-0.25, -0.2) is 0 Å². The van der Waals surface area contributed by atoms with E-state index < -0.39 is 0 Å². The summed E-state index contributed by atoms with van der Waals surface area (Å²) in [6.07, 6.45) is 15.5. The molecule has 0 bridgehead atoms. The van der Waals surface area contributed by atoms with Crippen molar-refractivity contribution in [1.29, 1.82) is 0 Å². The SMILES string of the molecule is C1=CC2C3C4=C(C=CC3N(c3ccc(C5=NC(c6ccccc6)NC(c6ccccc6)=C5)cc3)C2C=C1)NC(c1ccccc1)O4. The van der Waals surface area contributed by atoms with Gasteiger partial charge in [-0.05, 0) is 41.0 Å². The second kappa shape index (κ2) is 11.1. The molecule has 3 heterocycles. The molecule has 1 saturated heterocycles. The predicted octanol–water partition coefficient (Wildman–Crippen LogP) is 7.83. The average Bonchev–Trinajstić information content (AvgIpc) is 3.72. The summed E-state index contributed by atoms with van der Waals surface area (Å²) < 4.78 is 6.69. The molecule has 2 aliphatic carbocycles. The fraction of sp³-hybridized carbons (Fsp3) is 0.146. The van der Waals surface area contributed by atoms with Gasteiger partial charge in [0.1, 0.15) is 11.9 Å². The molecular formula is C41H34N4O. The zero-order valence-electron chi connectivity index (χ0n) is 25.3. The highest BCUT2D eigenvalue weighted by Gasteiger charge is 2.52. The number of rotatable bonds is 5. The molecule has 4 aromatic rings. The Kier molecular flexibility index (Phi) is 6.48.